The van der Waals surface area contributed by atoms with Gasteiger partial charge in [-0.2, -0.15) is 9.97 Å². The molecule has 0 aliphatic heterocycles. The summed E-state index contributed by atoms with van der Waals surface area (Å²) in [5.41, 5.74) is 11.3. The van der Waals surface area contributed by atoms with Crippen molar-refractivity contribution in [3.63, 3.8) is 0 Å². The molecule has 1 aromatic heterocycles. The van der Waals surface area contributed by atoms with Crippen LogP contribution in [0.25, 0.3) is 0 Å². The largest absolute Gasteiger partial charge is 0.383 e. The lowest BCUT2D eigenvalue weighted by atomic mass is 9.96. The second-order valence-electron chi connectivity index (χ2n) is 4.93. The summed E-state index contributed by atoms with van der Waals surface area (Å²) in [7, 11) is 1.96. The maximum Gasteiger partial charge on any atom is 0.223 e. The molecule has 15 heavy (non-hydrogen) atoms. The second kappa shape index (κ2) is 3.92. The minimum absolute atomic E-state index is 0.198. The summed E-state index contributed by atoms with van der Waals surface area (Å²) in [6.07, 6.45) is 0. The molecule has 5 heteroatoms. The molecule has 84 valence electrons. The van der Waals surface area contributed by atoms with Gasteiger partial charge in [-0.25, -0.2) is 0 Å². The van der Waals surface area contributed by atoms with Gasteiger partial charge in [-0.3, -0.25) is 0 Å². The van der Waals surface area contributed by atoms with Gasteiger partial charge in [-0.15, -0.1) is 0 Å². The maximum atomic E-state index is 5.60. The number of nitrogen functional groups attached to an aromatic ring is 2. The van der Waals surface area contributed by atoms with Gasteiger partial charge in [0.05, 0.1) is 0 Å². The van der Waals surface area contributed by atoms with Crippen LogP contribution in [0, 0.1) is 5.41 Å². The van der Waals surface area contributed by atoms with Gasteiger partial charge in [0.1, 0.15) is 11.6 Å². The van der Waals surface area contributed by atoms with E-state index in [1.54, 1.807) is 6.07 Å². The number of nitrogens with zero attached hydrogens (tertiary/aromatic N) is 3. The first kappa shape index (κ1) is 11.6. The summed E-state index contributed by atoms with van der Waals surface area (Å²) >= 11 is 0. The molecule has 1 aromatic rings. The molecule has 0 saturated carbocycles. The first-order chi connectivity index (χ1) is 6.78. The summed E-state index contributed by atoms with van der Waals surface area (Å²) in [6, 6.07) is 1.72. The van der Waals surface area contributed by atoms with Crippen LogP contribution < -0.4 is 16.4 Å². The summed E-state index contributed by atoms with van der Waals surface area (Å²) in [6.45, 7) is 7.37. The zero-order valence-electron chi connectivity index (χ0n) is 9.78. The zero-order valence-corrected chi connectivity index (χ0v) is 9.78. The van der Waals surface area contributed by atoms with Crippen molar-refractivity contribution in [3.8, 4) is 0 Å². The monoisotopic (exact) mass is 209 g/mol. The highest BCUT2D eigenvalue weighted by Crippen LogP contribution is 2.20. The standard InChI is InChI=1S/C10H19N5/c1-10(2,3)6-15(4)8-5-7(11)13-9(12)14-8/h5H,6H2,1-4H3,(H4,11,12,13,14). The van der Waals surface area contributed by atoms with Crippen molar-refractivity contribution in [1.29, 1.82) is 0 Å². The zero-order chi connectivity index (χ0) is 11.6. The Morgan fingerprint density at radius 3 is 2.33 bits per heavy atom. The fourth-order valence-electron chi connectivity index (χ4n) is 1.46. The number of hydrogen-bond acceptors (Lipinski definition) is 5. The molecule has 0 saturated heterocycles. The molecule has 0 aliphatic rings. The Kier molecular flexibility index (Phi) is 3.02. The number of nitrogens with two attached hydrogens (primary N) is 2. The molecular formula is C10H19N5. The van der Waals surface area contributed by atoms with E-state index in [0.717, 1.165) is 12.4 Å². The molecule has 0 radical (unpaired) electrons. The molecule has 0 fully saturated rings. The SMILES string of the molecule is CN(CC(C)(C)C)c1cc(N)nc(N)n1. The average Bonchev–Trinajstić information content (AvgIpc) is 1.98. The first-order valence-electron chi connectivity index (χ1n) is 4.89. The molecule has 0 unspecified atom stereocenters. The van der Waals surface area contributed by atoms with Crippen molar-refractivity contribution >= 4 is 17.6 Å². The summed E-state index contributed by atoms with van der Waals surface area (Å²) in [5.74, 6) is 1.37. The third kappa shape index (κ3) is 3.61. The molecule has 0 spiro atoms. The van der Waals surface area contributed by atoms with Crippen LogP contribution in [-0.4, -0.2) is 23.6 Å². The Bertz CT molecular complexity index is 322. The van der Waals surface area contributed by atoms with Gasteiger partial charge < -0.3 is 16.4 Å². The normalized spacial score (nSPS) is 11.5. The summed E-state index contributed by atoms with van der Waals surface area (Å²) in [4.78, 5) is 9.98. The lowest BCUT2D eigenvalue weighted by Gasteiger charge is -2.27. The predicted molar refractivity (Wildman–Crippen MR) is 63.6 cm³/mol. The van der Waals surface area contributed by atoms with Gasteiger partial charge >= 0.3 is 0 Å². The van der Waals surface area contributed by atoms with Crippen LogP contribution >= 0.6 is 0 Å². The fourth-order valence-corrected chi connectivity index (χ4v) is 1.46. The summed E-state index contributed by atoms with van der Waals surface area (Å²) < 4.78 is 0. The molecule has 0 amide bonds. The van der Waals surface area contributed by atoms with Crippen molar-refractivity contribution in [3.05, 3.63) is 6.07 Å². The van der Waals surface area contributed by atoms with Crippen LogP contribution in [-0.2, 0) is 0 Å². The van der Waals surface area contributed by atoms with E-state index in [4.69, 9.17) is 11.5 Å². The summed E-state index contributed by atoms with van der Waals surface area (Å²) in [5, 5.41) is 0. The third-order valence-corrected chi connectivity index (χ3v) is 1.85. The minimum atomic E-state index is 0.198. The number of hydrogen-bond donors (Lipinski definition) is 2. The molecule has 0 bridgehead atoms. The number of rotatable bonds is 2. The Morgan fingerprint density at radius 1 is 1.27 bits per heavy atom. The molecule has 0 atom stereocenters. The molecule has 0 aliphatic carbocycles. The quantitative estimate of drug-likeness (QED) is 0.763. The van der Waals surface area contributed by atoms with E-state index in [-0.39, 0.29) is 11.4 Å². The van der Waals surface area contributed by atoms with Crippen LogP contribution in [0.5, 0.6) is 0 Å². The van der Waals surface area contributed by atoms with Crippen LogP contribution in [0.1, 0.15) is 20.8 Å². The van der Waals surface area contributed by atoms with Crippen molar-refractivity contribution < 1.29 is 0 Å². The third-order valence-electron chi connectivity index (χ3n) is 1.85. The molecule has 1 rings (SSSR count). The van der Waals surface area contributed by atoms with E-state index in [2.05, 4.69) is 30.7 Å². The smallest absolute Gasteiger partial charge is 0.223 e. The van der Waals surface area contributed by atoms with Gasteiger partial charge in [0.2, 0.25) is 5.95 Å². The molecule has 0 aromatic carbocycles. The van der Waals surface area contributed by atoms with Crippen molar-refractivity contribution in [1.82, 2.24) is 9.97 Å². The minimum Gasteiger partial charge on any atom is -0.383 e. The first-order valence-corrected chi connectivity index (χ1v) is 4.89. The van der Waals surface area contributed by atoms with E-state index in [1.165, 1.54) is 0 Å². The Labute approximate surface area is 90.5 Å². The fraction of sp³-hybridized carbons (Fsp3) is 0.600. The van der Waals surface area contributed by atoms with Gasteiger partial charge in [-0.1, -0.05) is 20.8 Å². The van der Waals surface area contributed by atoms with Crippen molar-refractivity contribution in [2.24, 2.45) is 5.41 Å². The van der Waals surface area contributed by atoms with Crippen LogP contribution in [0.4, 0.5) is 17.6 Å². The lowest BCUT2D eigenvalue weighted by molar-refractivity contribution is 0.418. The van der Waals surface area contributed by atoms with E-state index >= 15 is 0 Å². The van der Waals surface area contributed by atoms with Crippen molar-refractivity contribution in [2.75, 3.05) is 30.0 Å². The van der Waals surface area contributed by atoms with Gasteiger partial charge in [-0.05, 0) is 5.41 Å². The van der Waals surface area contributed by atoms with Gasteiger partial charge in [0, 0.05) is 19.7 Å². The van der Waals surface area contributed by atoms with Gasteiger partial charge in [0.25, 0.3) is 0 Å². The molecule has 4 N–H and O–H groups in total. The highest BCUT2D eigenvalue weighted by molar-refractivity contribution is 5.49. The Hall–Kier alpha value is -1.52. The van der Waals surface area contributed by atoms with E-state index in [9.17, 15) is 0 Å². The number of aromatic nitrogens is 2. The average molecular weight is 209 g/mol. The Balaban J connectivity index is 2.86. The Morgan fingerprint density at radius 2 is 1.87 bits per heavy atom. The molecular weight excluding hydrogens is 190 g/mol. The lowest BCUT2D eigenvalue weighted by Crippen LogP contribution is -2.30. The van der Waals surface area contributed by atoms with E-state index in [0.29, 0.717) is 5.82 Å². The van der Waals surface area contributed by atoms with Crippen LogP contribution in [0.3, 0.4) is 0 Å². The maximum absolute atomic E-state index is 5.60. The molecule has 1 heterocycles. The second-order valence-corrected chi connectivity index (χ2v) is 4.93. The van der Waals surface area contributed by atoms with Crippen LogP contribution in [0.2, 0.25) is 0 Å². The van der Waals surface area contributed by atoms with Crippen molar-refractivity contribution in [2.45, 2.75) is 20.8 Å². The predicted octanol–water partition coefficient (Wildman–Crippen LogP) is 1.12. The number of anilines is 3. The van der Waals surface area contributed by atoms with E-state index < -0.39 is 0 Å². The van der Waals surface area contributed by atoms with Gasteiger partial charge in [0.15, 0.2) is 0 Å². The highest BCUT2D eigenvalue weighted by atomic mass is 15.2. The molecule has 5 nitrogen and oxygen atoms in total. The topological polar surface area (TPSA) is 81.1 Å². The highest BCUT2D eigenvalue weighted by Gasteiger charge is 2.15. The van der Waals surface area contributed by atoms with Crippen LogP contribution in [0.15, 0.2) is 6.07 Å². The van der Waals surface area contributed by atoms with E-state index in [1.807, 2.05) is 11.9 Å².